The molecule has 88 valence electrons. The molecule has 1 fully saturated rings. The number of carbonyl (C=O) groups excluding carboxylic acids is 1. The van der Waals surface area contributed by atoms with E-state index in [0.717, 1.165) is 31.3 Å². The van der Waals surface area contributed by atoms with Gasteiger partial charge in [0.25, 0.3) is 0 Å². The molecular weight excluding hydrogens is 186 g/mol. The molecule has 1 saturated heterocycles. The summed E-state index contributed by atoms with van der Waals surface area (Å²) >= 11 is 0. The third-order valence-corrected chi connectivity index (χ3v) is 3.77. The fourth-order valence-electron chi connectivity index (χ4n) is 3.05. The van der Waals surface area contributed by atoms with E-state index in [9.17, 15) is 4.79 Å². The fraction of sp³-hybridized carbons (Fsp3) is 0.923. The van der Waals surface area contributed by atoms with Gasteiger partial charge in [-0.1, -0.05) is 34.6 Å². The average molecular weight is 211 g/mol. The van der Waals surface area contributed by atoms with Crippen LogP contribution < -0.4 is 0 Å². The zero-order valence-corrected chi connectivity index (χ0v) is 10.8. The zero-order chi connectivity index (χ0) is 11.6. The maximum Gasteiger partial charge on any atom is 0.222 e. The first kappa shape index (κ1) is 12.5. The van der Waals surface area contributed by atoms with E-state index < -0.39 is 0 Å². The summed E-state index contributed by atoms with van der Waals surface area (Å²) in [4.78, 5) is 13.7. The number of hydrogen-bond acceptors (Lipinski definition) is 1. The van der Waals surface area contributed by atoms with Gasteiger partial charge in [0.2, 0.25) is 5.91 Å². The molecular formula is C13H25NO. The first-order valence-corrected chi connectivity index (χ1v) is 6.16. The smallest absolute Gasteiger partial charge is 0.222 e. The van der Waals surface area contributed by atoms with Crippen LogP contribution in [0.4, 0.5) is 0 Å². The molecule has 1 aliphatic rings. The quantitative estimate of drug-likeness (QED) is 0.687. The van der Waals surface area contributed by atoms with E-state index in [2.05, 4.69) is 27.7 Å². The number of piperidine rings is 1. The van der Waals surface area contributed by atoms with Crippen LogP contribution in [0.5, 0.6) is 0 Å². The van der Waals surface area contributed by atoms with Crippen LogP contribution in [0.15, 0.2) is 0 Å². The molecule has 2 heteroatoms. The largest absolute Gasteiger partial charge is 0.342 e. The van der Waals surface area contributed by atoms with Gasteiger partial charge in [-0.05, 0) is 23.7 Å². The molecule has 0 bridgehead atoms. The van der Waals surface area contributed by atoms with Gasteiger partial charge in [0, 0.05) is 19.5 Å². The molecule has 0 N–H and O–H groups in total. The molecule has 15 heavy (non-hydrogen) atoms. The Morgan fingerprint density at radius 1 is 1.47 bits per heavy atom. The van der Waals surface area contributed by atoms with Crippen molar-refractivity contribution in [3.8, 4) is 0 Å². The predicted molar refractivity (Wildman–Crippen MR) is 63.6 cm³/mol. The summed E-state index contributed by atoms with van der Waals surface area (Å²) in [7, 11) is 0. The van der Waals surface area contributed by atoms with Gasteiger partial charge in [-0.3, -0.25) is 4.79 Å². The normalized spacial score (nSPS) is 25.7. The van der Waals surface area contributed by atoms with Crippen molar-refractivity contribution in [1.29, 1.82) is 0 Å². The van der Waals surface area contributed by atoms with Gasteiger partial charge in [0.1, 0.15) is 0 Å². The second-order valence-electron chi connectivity index (χ2n) is 5.80. The minimum atomic E-state index is 0.275. The topological polar surface area (TPSA) is 20.3 Å². The van der Waals surface area contributed by atoms with Gasteiger partial charge in [-0.15, -0.1) is 0 Å². The fourth-order valence-corrected chi connectivity index (χ4v) is 3.05. The summed E-state index contributed by atoms with van der Waals surface area (Å²) in [6, 6.07) is 0. The van der Waals surface area contributed by atoms with Crippen LogP contribution in [0, 0.1) is 17.3 Å². The lowest BCUT2D eigenvalue weighted by molar-refractivity contribution is -0.136. The molecule has 0 aromatic rings. The van der Waals surface area contributed by atoms with Crippen LogP contribution in [0.2, 0.25) is 0 Å². The Morgan fingerprint density at radius 2 is 2.07 bits per heavy atom. The van der Waals surface area contributed by atoms with Crippen molar-refractivity contribution in [2.75, 3.05) is 13.1 Å². The van der Waals surface area contributed by atoms with E-state index in [0.29, 0.717) is 12.3 Å². The Balaban J connectivity index is 2.68. The highest BCUT2D eigenvalue weighted by Gasteiger charge is 2.38. The SMILES string of the molecule is CCC(=O)N1CC[C@@H](C(C)C)C(C)(C)C1. The summed E-state index contributed by atoms with van der Waals surface area (Å²) in [6.45, 7) is 13.0. The number of rotatable bonds is 2. The highest BCUT2D eigenvalue weighted by molar-refractivity contribution is 5.75. The first-order valence-electron chi connectivity index (χ1n) is 6.16. The summed E-state index contributed by atoms with van der Waals surface area (Å²) in [6.07, 6.45) is 1.80. The van der Waals surface area contributed by atoms with Crippen molar-refractivity contribution in [3.63, 3.8) is 0 Å². The lowest BCUT2D eigenvalue weighted by Gasteiger charge is -2.46. The van der Waals surface area contributed by atoms with E-state index >= 15 is 0 Å². The summed E-state index contributed by atoms with van der Waals surface area (Å²) in [5.41, 5.74) is 0.275. The minimum Gasteiger partial charge on any atom is -0.342 e. The molecule has 0 radical (unpaired) electrons. The van der Waals surface area contributed by atoms with Gasteiger partial charge in [0.15, 0.2) is 0 Å². The van der Waals surface area contributed by atoms with Crippen LogP contribution >= 0.6 is 0 Å². The molecule has 0 saturated carbocycles. The van der Waals surface area contributed by atoms with Crippen molar-refractivity contribution in [1.82, 2.24) is 4.90 Å². The van der Waals surface area contributed by atoms with E-state index in [4.69, 9.17) is 0 Å². The molecule has 0 aliphatic carbocycles. The Labute approximate surface area is 94.0 Å². The number of hydrogen-bond donors (Lipinski definition) is 0. The Morgan fingerprint density at radius 3 is 2.47 bits per heavy atom. The van der Waals surface area contributed by atoms with E-state index in [1.165, 1.54) is 0 Å². The number of likely N-dealkylation sites (tertiary alicyclic amines) is 1. The third-order valence-electron chi connectivity index (χ3n) is 3.77. The van der Waals surface area contributed by atoms with Crippen molar-refractivity contribution < 1.29 is 4.79 Å². The summed E-state index contributed by atoms with van der Waals surface area (Å²) in [5, 5.41) is 0. The minimum absolute atomic E-state index is 0.275. The van der Waals surface area contributed by atoms with Crippen LogP contribution in [0.1, 0.15) is 47.5 Å². The number of carbonyl (C=O) groups is 1. The standard InChI is InChI=1S/C13H25NO/c1-6-12(15)14-8-7-11(10(2)3)13(4,5)9-14/h10-11H,6-9H2,1-5H3/t11-/m0/s1. The summed E-state index contributed by atoms with van der Waals surface area (Å²) < 4.78 is 0. The highest BCUT2D eigenvalue weighted by Crippen LogP contribution is 2.39. The Kier molecular flexibility index (Phi) is 3.80. The number of nitrogens with zero attached hydrogens (tertiary/aromatic N) is 1. The summed E-state index contributed by atoms with van der Waals surface area (Å²) in [5.74, 6) is 1.78. The predicted octanol–water partition coefficient (Wildman–Crippen LogP) is 2.93. The van der Waals surface area contributed by atoms with Crippen LogP contribution in [-0.4, -0.2) is 23.9 Å². The molecule has 1 aliphatic heterocycles. The van der Waals surface area contributed by atoms with Gasteiger partial charge in [-0.2, -0.15) is 0 Å². The lowest BCUT2D eigenvalue weighted by atomic mass is 9.68. The molecule has 0 aromatic carbocycles. The molecule has 1 atom stereocenters. The van der Waals surface area contributed by atoms with E-state index in [1.54, 1.807) is 0 Å². The molecule has 2 nitrogen and oxygen atoms in total. The van der Waals surface area contributed by atoms with Crippen molar-refractivity contribution in [3.05, 3.63) is 0 Å². The van der Waals surface area contributed by atoms with Gasteiger partial charge >= 0.3 is 0 Å². The van der Waals surface area contributed by atoms with Gasteiger partial charge in [0.05, 0.1) is 0 Å². The monoisotopic (exact) mass is 211 g/mol. The Bertz CT molecular complexity index is 233. The molecule has 0 unspecified atom stereocenters. The molecule has 1 heterocycles. The molecule has 0 aromatic heterocycles. The van der Waals surface area contributed by atoms with E-state index in [1.807, 2.05) is 11.8 Å². The van der Waals surface area contributed by atoms with Crippen molar-refractivity contribution in [2.45, 2.75) is 47.5 Å². The van der Waals surface area contributed by atoms with Gasteiger partial charge < -0.3 is 4.90 Å². The highest BCUT2D eigenvalue weighted by atomic mass is 16.2. The van der Waals surface area contributed by atoms with Crippen LogP contribution in [-0.2, 0) is 4.79 Å². The maximum absolute atomic E-state index is 11.7. The zero-order valence-electron chi connectivity index (χ0n) is 10.8. The third kappa shape index (κ3) is 2.73. The van der Waals surface area contributed by atoms with Crippen molar-refractivity contribution >= 4 is 5.91 Å². The van der Waals surface area contributed by atoms with Crippen LogP contribution in [0.25, 0.3) is 0 Å². The second-order valence-corrected chi connectivity index (χ2v) is 5.80. The molecule has 0 spiro atoms. The second kappa shape index (κ2) is 4.54. The molecule has 1 rings (SSSR count). The van der Waals surface area contributed by atoms with Crippen molar-refractivity contribution in [2.24, 2.45) is 17.3 Å². The Hall–Kier alpha value is -0.530. The van der Waals surface area contributed by atoms with Crippen LogP contribution in [0.3, 0.4) is 0 Å². The number of amides is 1. The lowest BCUT2D eigenvalue weighted by Crippen LogP contribution is -2.49. The van der Waals surface area contributed by atoms with Gasteiger partial charge in [-0.25, -0.2) is 0 Å². The van der Waals surface area contributed by atoms with E-state index in [-0.39, 0.29) is 5.41 Å². The first-order chi connectivity index (χ1) is 6.88. The molecule has 1 amide bonds. The maximum atomic E-state index is 11.7. The average Bonchev–Trinajstić information content (AvgIpc) is 2.14.